The van der Waals surface area contributed by atoms with Gasteiger partial charge in [0.1, 0.15) is 13.2 Å². The fourth-order valence-corrected chi connectivity index (χ4v) is 4.32. The molecule has 0 atom stereocenters. The molecular weight excluding hydrogens is 392 g/mol. The Morgan fingerprint density at radius 3 is 2.71 bits per heavy atom. The van der Waals surface area contributed by atoms with Crippen LogP contribution < -0.4 is 19.7 Å². The molecule has 1 fully saturated rings. The van der Waals surface area contributed by atoms with E-state index in [1.807, 2.05) is 42.5 Å². The number of rotatable bonds is 5. The van der Waals surface area contributed by atoms with Crippen LogP contribution in [0.5, 0.6) is 11.5 Å². The number of amides is 1. The predicted molar refractivity (Wildman–Crippen MR) is 121 cm³/mol. The molecule has 3 aromatic rings. The number of hydrogen-bond donors (Lipinski definition) is 1. The van der Waals surface area contributed by atoms with Gasteiger partial charge in [0.15, 0.2) is 11.5 Å². The van der Waals surface area contributed by atoms with Crippen molar-refractivity contribution >= 4 is 28.6 Å². The van der Waals surface area contributed by atoms with Gasteiger partial charge in [-0.15, -0.1) is 6.58 Å². The normalized spacial score (nSPS) is 16.3. The molecule has 0 radical (unpaired) electrons. The summed E-state index contributed by atoms with van der Waals surface area (Å²) in [6.45, 7) is 7.27. The molecule has 1 aromatic heterocycles. The number of carbonyl (C=O) groups is 1. The van der Waals surface area contributed by atoms with Crippen LogP contribution in [-0.2, 0) is 11.3 Å². The topological polar surface area (TPSA) is 68.6 Å². The van der Waals surface area contributed by atoms with Crippen molar-refractivity contribution in [2.24, 2.45) is 5.92 Å². The van der Waals surface area contributed by atoms with Gasteiger partial charge < -0.3 is 24.3 Å². The number of anilines is 2. The molecule has 7 nitrogen and oxygen atoms in total. The first kappa shape index (κ1) is 19.5. The molecule has 1 amide bonds. The van der Waals surface area contributed by atoms with E-state index in [4.69, 9.17) is 14.5 Å². The Hall–Kier alpha value is -3.48. The molecule has 31 heavy (non-hydrogen) atoms. The van der Waals surface area contributed by atoms with Crippen LogP contribution in [0.2, 0.25) is 0 Å². The van der Waals surface area contributed by atoms with E-state index in [0.29, 0.717) is 25.5 Å². The largest absolute Gasteiger partial charge is 0.486 e. The third-order valence-corrected chi connectivity index (χ3v) is 5.90. The summed E-state index contributed by atoms with van der Waals surface area (Å²) < 4.78 is 13.3. The zero-order chi connectivity index (χ0) is 21.2. The molecule has 2 aromatic carbocycles. The van der Waals surface area contributed by atoms with Crippen LogP contribution in [0.25, 0.3) is 11.0 Å². The van der Waals surface area contributed by atoms with Crippen LogP contribution in [0.1, 0.15) is 12.8 Å². The van der Waals surface area contributed by atoms with E-state index in [1.54, 1.807) is 0 Å². The fraction of sp³-hybridized carbons (Fsp3) is 0.333. The molecule has 0 bridgehead atoms. The molecule has 160 valence electrons. The van der Waals surface area contributed by atoms with Gasteiger partial charge in [-0.05, 0) is 37.1 Å². The van der Waals surface area contributed by atoms with E-state index >= 15 is 0 Å². The Bertz CT molecular complexity index is 1120. The van der Waals surface area contributed by atoms with Crippen LogP contribution in [0.3, 0.4) is 0 Å². The summed E-state index contributed by atoms with van der Waals surface area (Å²) in [6.07, 6.45) is 3.46. The van der Waals surface area contributed by atoms with Gasteiger partial charge in [-0.2, -0.15) is 0 Å². The Morgan fingerprint density at radius 1 is 1.13 bits per heavy atom. The number of fused-ring (bicyclic) bond motifs is 2. The Morgan fingerprint density at radius 2 is 1.90 bits per heavy atom. The van der Waals surface area contributed by atoms with E-state index in [2.05, 4.69) is 27.4 Å². The summed E-state index contributed by atoms with van der Waals surface area (Å²) >= 11 is 0. The first-order chi connectivity index (χ1) is 15.2. The van der Waals surface area contributed by atoms with Crippen LogP contribution in [0, 0.1) is 5.92 Å². The highest BCUT2D eigenvalue weighted by atomic mass is 16.6. The van der Waals surface area contributed by atoms with E-state index in [1.165, 1.54) is 0 Å². The number of ether oxygens (including phenoxy) is 2. The average molecular weight is 418 g/mol. The number of carbonyl (C=O) groups excluding carboxylic acids is 1. The number of benzene rings is 2. The maximum Gasteiger partial charge on any atom is 0.227 e. The number of aromatic nitrogens is 2. The molecule has 1 N–H and O–H groups in total. The minimum absolute atomic E-state index is 0.0262. The first-order valence-corrected chi connectivity index (χ1v) is 10.7. The second kappa shape index (κ2) is 8.34. The van der Waals surface area contributed by atoms with E-state index < -0.39 is 0 Å². The molecule has 5 rings (SSSR count). The van der Waals surface area contributed by atoms with E-state index in [9.17, 15) is 4.79 Å². The van der Waals surface area contributed by atoms with Crippen molar-refractivity contribution in [2.45, 2.75) is 19.4 Å². The first-order valence-electron chi connectivity index (χ1n) is 10.7. The second-order valence-corrected chi connectivity index (χ2v) is 7.91. The van der Waals surface area contributed by atoms with Gasteiger partial charge in [-0.3, -0.25) is 4.79 Å². The monoisotopic (exact) mass is 418 g/mol. The third kappa shape index (κ3) is 3.83. The fourth-order valence-electron chi connectivity index (χ4n) is 4.32. The zero-order valence-electron chi connectivity index (χ0n) is 17.4. The summed E-state index contributed by atoms with van der Waals surface area (Å²) in [5, 5.41) is 3.04. The van der Waals surface area contributed by atoms with Crippen molar-refractivity contribution < 1.29 is 14.3 Å². The molecule has 2 aliphatic heterocycles. The Balaban J connectivity index is 1.25. The summed E-state index contributed by atoms with van der Waals surface area (Å²) in [4.78, 5) is 20.0. The van der Waals surface area contributed by atoms with Gasteiger partial charge in [0, 0.05) is 37.3 Å². The molecule has 2 aliphatic rings. The SMILES string of the molecule is C=CCn1c(N2CCC(C(=O)Nc3ccc4c(c3)OCCO4)CC2)nc2ccccc21. The minimum Gasteiger partial charge on any atom is -0.486 e. The average Bonchev–Trinajstić information content (AvgIpc) is 3.18. The molecule has 0 saturated carbocycles. The maximum absolute atomic E-state index is 12.9. The van der Waals surface area contributed by atoms with Gasteiger partial charge in [0.05, 0.1) is 11.0 Å². The number of nitrogens with zero attached hydrogens (tertiary/aromatic N) is 3. The van der Waals surface area contributed by atoms with Crippen LogP contribution in [0.15, 0.2) is 55.1 Å². The number of allylic oxidation sites excluding steroid dienone is 1. The van der Waals surface area contributed by atoms with Crippen LogP contribution >= 0.6 is 0 Å². The smallest absolute Gasteiger partial charge is 0.227 e. The van der Waals surface area contributed by atoms with Crippen molar-refractivity contribution in [1.82, 2.24) is 9.55 Å². The molecule has 7 heteroatoms. The number of imidazole rings is 1. The number of hydrogen-bond acceptors (Lipinski definition) is 5. The van der Waals surface area contributed by atoms with Gasteiger partial charge in [0.2, 0.25) is 11.9 Å². The standard InChI is InChI=1S/C24H26N4O3/c1-2-11-28-20-6-4-3-5-19(20)26-24(28)27-12-9-17(10-13-27)23(29)25-18-7-8-21-22(16-18)31-15-14-30-21/h2-8,16-17H,1,9-15H2,(H,25,29). The minimum atomic E-state index is -0.0262. The molecular formula is C24H26N4O3. The van der Waals surface area contributed by atoms with E-state index in [0.717, 1.165) is 54.3 Å². The van der Waals surface area contributed by atoms with Gasteiger partial charge in [0.25, 0.3) is 0 Å². The number of para-hydroxylation sites is 2. The zero-order valence-corrected chi connectivity index (χ0v) is 17.4. The summed E-state index contributed by atoms with van der Waals surface area (Å²) in [6, 6.07) is 13.7. The Kier molecular flexibility index (Phi) is 5.24. The van der Waals surface area contributed by atoms with Gasteiger partial charge >= 0.3 is 0 Å². The number of piperidine rings is 1. The lowest BCUT2D eigenvalue weighted by Gasteiger charge is -2.32. The van der Waals surface area contributed by atoms with Crippen LogP contribution in [-0.4, -0.2) is 41.8 Å². The Labute approximate surface area is 181 Å². The maximum atomic E-state index is 12.9. The van der Waals surface area contributed by atoms with Gasteiger partial charge in [-0.1, -0.05) is 18.2 Å². The highest BCUT2D eigenvalue weighted by Gasteiger charge is 2.28. The molecule has 0 aliphatic carbocycles. The van der Waals surface area contributed by atoms with Crippen molar-refractivity contribution in [3.63, 3.8) is 0 Å². The van der Waals surface area contributed by atoms with Crippen molar-refractivity contribution in [3.05, 3.63) is 55.1 Å². The molecule has 3 heterocycles. The van der Waals surface area contributed by atoms with Crippen LogP contribution in [0.4, 0.5) is 11.6 Å². The van der Waals surface area contributed by atoms with Crippen molar-refractivity contribution in [2.75, 3.05) is 36.5 Å². The molecule has 1 saturated heterocycles. The van der Waals surface area contributed by atoms with Crippen molar-refractivity contribution in [3.8, 4) is 11.5 Å². The summed E-state index contributed by atoms with van der Waals surface area (Å²) in [5.74, 6) is 2.38. The summed E-state index contributed by atoms with van der Waals surface area (Å²) in [7, 11) is 0. The molecule has 0 unspecified atom stereocenters. The third-order valence-electron chi connectivity index (χ3n) is 5.90. The van der Waals surface area contributed by atoms with E-state index in [-0.39, 0.29) is 11.8 Å². The second-order valence-electron chi connectivity index (χ2n) is 7.91. The molecule has 0 spiro atoms. The quantitative estimate of drug-likeness (QED) is 0.638. The van der Waals surface area contributed by atoms with Gasteiger partial charge in [-0.25, -0.2) is 4.98 Å². The lowest BCUT2D eigenvalue weighted by molar-refractivity contribution is -0.120. The highest BCUT2D eigenvalue weighted by Crippen LogP contribution is 2.33. The lowest BCUT2D eigenvalue weighted by atomic mass is 9.96. The van der Waals surface area contributed by atoms with Crippen molar-refractivity contribution in [1.29, 1.82) is 0 Å². The summed E-state index contributed by atoms with van der Waals surface area (Å²) in [5.41, 5.74) is 2.83. The lowest BCUT2D eigenvalue weighted by Crippen LogP contribution is -2.39. The predicted octanol–water partition coefficient (Wildman–Crippen LogP) is 3.85. The highest BCUT2D eigenvalue weighted by molar-refractivity contribution is 5.93. The number of nitrogens with one attached hydrogen (secondary N) is 1.